The summed E-state index contributed by atoms with van der Waals surface area (Å²) in [5.74, 6) is 0.0215. The molecule has 0 amide bonds. The number of oxime groups is 1. The van der Waals surface area contributed by atoms with Crippen molar-refractivity contribution in [3.05, 3.63) is 29.6 Å². The topological polar surface area (TPSA) is 92.8 Å². The van der Waals surface area contributed by atoms with Crippen molar-refractivity contribution in [1.82, 2.24) is 10.3 Å². The Labute approximate surface area is 107 Å². The van der Waals surface area contributed by atoms with E-state index in [-0.39, 0.29) is 5.84 Å². The minimum atomic E-state index is 0.0215. The van der Waals surface area contributed by atoms with Gasteiger partial charge in [-0.3, -0.25) is 4.98 Å². The zero-order valence-electron chi connectivity index (χ0n) is 10.6. The normalized spacial score (nSPS) is 11.7. The molecule has 0 saturated carbocycles. The van der Waals surface area contributed by atoms with Gasteiger partial charge in [-0.2, -0.15) is 0 Å². The highest BCUT2D eigenvalue weighted by molar-refractivity contribution is 5.95. The third-order valence-electron chi connectivity index (χ3n) is 2.37. The molecule has 1 aromatic heterocycles. The molecule has 0 fully saturated rings. The van der Waals surface area contributed by atoms with Gasteiger partial charge in [0.15, 0.2) is 5.84 Å². The molecule has 0 radical (unpaired) electrons. The maximum absolute atomic E-state index is 8.57. The van der Waals surface area contributed by atoms with Gasteiger partial charge in [0.1, 0.15) is 5.69 Å². The first-order chi connectivity index (χ1) is 8.77. The van der Waals surface area contributed by atoms with Crippen molar-refractivity contribution in [1.29, 1.82) is 0 Å². The predicted octanol–water partition coefficient (Wildman–Crippen LogP) is 0.692. The molecule has 1 aromatic rings. The van der Waals surface area contributed by atoms with Gasteiger partial charge in [0.25, 0.3) is 0 Å². The summed E-state index contributed by atoms with van der Waals surface area (Å²) >= 11 is 0. The van der Waals surface area contributed by atoms with Crippen LogP contribution < -0.4 is 11.1 Å². The van der Waals surface area contributed by atoms with E-state index in [9.17, 15) is 0 Å². The fourth-order valence-electron chi connectivity index (χ4n) is 1.45. The second-order valence-corrected chi connectivity index (χ2v) is 3.76. The standard InChI is InChI=1S/C12H20N4O2/c1-2-18-7-3-5-14-9-10-4-6-15-11(8-10)12(13)16-17/h4,6,8,14,17H,2-3,5,7,9H2,1H3,(H2,13,16). The Morgan fingerprint density at radius 1 is 1.61 bits per heavy atom. The van der Waals surface area contributed by atoms with E-state index in [0.717, 1.165) is 38.3 Å². The lowest BCUT2D eigenvalue weighted by Gasteiger charge is -2.06. The lowest BCUT2D eigenvalue weighted by molar-refractivity contribution is 0.144. The van der Waals surface area contributed by atoms with Crippen molar-refractivity contribution in [2.24, 2.45) is 10.9 Å². The summed E-state index contributed by atoms with van der Waals surface area (Å²) in [6.07, 6.45) is 2.62. The van der Waals surface area contributed by atoms with Gasteiger partial charge in [-0.25, -0.2) is 0 Å². The monoisotopic (exact) mass is 252 g/mol. The first kappa shape index (κ1) is 14.4. The molecule has 4 N–H and O–H groups in total. The largest absolute Gasteiger partial charge is 0.409 e. The third kappa shape index (κ3) is 5.11. The molecule has 0 aliphatic carbocycles. The summed E-state index contributed by atoms with van der Waals surface area (Å²) in [6.45, 7) is 5.13. The predicted molar refractivity (Wildman–Crippen MR) is 69.6 cm³/mol. The van der Waals surface area contributed by atoms with E-state index in [2.05, 4.69) is 15.5 Å². The highest BCUT2D eigenvalue weighted by Crippen LogP contribution is 2.01. The first-order valence-corrected chi connectivity index (χ1v) is 5.99. The van der Waals surface area contributed by atoms with Crippen LogP contribution in [0.4, 0.5) is 0 Å². The number of aromatic nitrogens is 1. The summed E-state index contributed by atoms with van der Waals surface area (Å²) in [5, 5.41) is 14.8. The SMILES string of the molecule is CCOCCCNCc1ccnc(C(N)=NO)c1. The van der Waals surface area contributed by atoms with Gasteiger partial charge in [0.05, 0.1) is 0 Å². The van der Waals surface area contributed by atoms with Crippen molar-refractivity contribution in [3.8, 4) is 0 Å². The van der Waals surface area contributed by atoms with Crippen molar-refractivity contribution >= 4 is 5.84 Å². The summed E-state index contributed by atoms with van der Waals surface area (Å²) in [5.41, 5.74) is 7.00. The Kier molecular flexibility index (Phi) is 6.75. The molecular formula is C12H20N4O2. The van der Waals surface area contributed by atoms with Crippen LogP contribution in [0.15, 0.2) is 23.5 Å². The van der Waals surface area contributed by atoms with Crippen LogP contribution in [0.5, 0.6) is 0 Å². The van der Waals surface area contributed by atoms with Crippen molar-refractivity contribution in [3.63, 3.8) is 0 Å². The highest BCUT2D eigenvalue weighted by Gasteiger charge is 2.01. The van der Waals surface area contributed by atoms with Crippen molar-refractivity contribution in [2.75, 3.05) is 19.8 Å². The molecule has 18 heavy (non-hydrogen) atoms. The maximum atomic E-state index is 8.57. The molecule has 6 nitrogen and oxygen atoms in total. The zero-order chi connectivity index (χ0) is 13.2. The van der Waals surface area contributed by atoms with Gasteiger partial charge >= 0.3 is 0 Å². The molecular weight excluding hydrogens is 232 g/mol. The minimum absolute atomic E-state index is 0.0215. The van der Waals surface area contributed by atoms with Crippen LogP contribution in [0, 0.1) is 0 Å². The number of amidine groups is 1. The fraction of sp³-hybridized carbons (Fsp3) is 0.500. The average molecular weight is 252 g/mol. The second-order valence-electron chi connectivity index (χ2n) is 3.76. The number of pyridine rings is 1. The van der Waals surface area contributed by atoms with Crippen LogP contribution in [0.1, 0.15) is 24.6 Å². The molecule has 6 heteroatoms. The first-order valence-electron chi connectivity index (χ1n) is 5.99. The van der Waals surface area contributed by atoms with Gasteiger partial charge in [0.2, 0.25) is 0 Å². The molecule has 0 saturated heterocycles. The zero-order valence-corrected chi connectivity index (χ0v) is 10.6. The van der Waals surface area contributed by atoms with E-state index >= 15 is 0 Å². The Bertz CT molecular complexity index is 382. The van der Waals surface area contributed by atoms with Crippen molar-refractivity contribution in [2.45, 2.75) is 19.9 Å². The molecule has 0 atom stereocenters. The maximum Gasteiger partial charge on any atom is 0.188 e. The molecule has 1 heterocycles. The van der Waals surface area contributed by atoms with Gasteiger partial charge < -0.3 is 21.0 Å². The Balaban J connectivity index is 2.34. The van der Waals surface area contributed by atoms with Crippen LogP contribution in [0.2, 0.25) is 0 Å². The lowest BCUT2D eigenvalue weighted by Crippen LogP contribution is -2.18. The molecule has 0 aliphatic heterocycles. The number of ether oxygens (including phenoxy) is 1. The van der Waals surface area contributed by atoms with E-state index in [1.807, 2.05) is 13.0 Å². The van der Waals surface area contributed by atoms with Gasteiger partial charge in [-0.15, -0.1) is 0 Å². The van der Waals surface area contributed by atoms with Gasteiger partial charge in [-0.05, 0) is 37.6 Å². The molecule has 0 unspecified atom stereocenters. The molecule has 0 bridgehead atoms. The molecule has 0 aromatic carbocycles. The van der Waals surface area contributed by atoms with Crippen LogP contribution in [0.3, 0.4) is 0 Å². The average Bonchev–Trinajstić information content (AvgIpc) is 2.42. The van der Waals surface area contributed by atoms with Crippen molar-refractivity contribution < 1.29 is 9.94 Å². The number of nitrogens with one attached hydrogen (secondary N) is 1. The number of rotatable bonds is 8. The summed E-state index contributed by atoms with van der Waals surface area (Å²) in [6, 6.07) is 3.69. The third-order valence-corrected chi connectivity index (χ3v) is 2.37. The summed E-state index contributed by atoms with van der Waals surface area (Å²) in [7, 11) is 0. The van der Waals surface area contributed by atoms with Gasteiger partial charge in [0, 0.05) is 26.0 Å². The Hall–Kier alpha value is -1.66. The van der Waals surface area contributed by atoms with Crippen LogP contribution >= 0.6 is 0 Å². The quantitative estimate of drug-likeness (QED) is 0.208. The smallest absolute Gasteiger partial charge is 0.188 e. The highest BCUT2D eigenvalue weighted by atomic mass is 16.5. The van der Waals surface area contributed by atoms with Gasteiger partial charge in [-0.1, -0.05) is 5.16 Å². The van der Waals surface area contributed by atoms with E-state index in [1.54, 1.807) is 12.3 Å². The van der Waals surface area contributed by atoms with E-state index in [1.165, 1.54) is 0 Å². The second kappa shape index (κ2) is 8.43. The summed E-state index contributed by atoms with van der Waals surface area (Å²) in [4.78, 5) is 4.02. The lowest BCUT2D eigenvalue weighted by atomic mass is 10.2. The van der Waals surface area contributed by atoms with Crippen LogP contribution in [-0.4, -0.2) is 35.8 Å². The molecule has 1 rings (SSSR count). The number of hydrogen-bond donors (Lipinski definition) is 3. The minimum Gasteiger partial charge on any atom is -0.409 e. The number of nitrogens with two attached hydrogens (primary N) is 1. The molecule has 100 valence electrons. The summed E-state index contributed by atoms with van der Waals surface area (Å²) < 4.78 is 5.24. The fourth-order valence-corrected chi connectivity index (χ4v) is 1.45. The Morgan fingerprint density at radius 3 is 3.17 bits per heavy atom. The van der Waals surface area contributed by atoms with E-state index < -0.39 is 0 Å². The molecule has 0 spiro atoms. The van der Waals surface area contributed by atoms with Crippen LogP contribution in [0.25, 0.3) is 0 Å². The van der Waals surface area contributed by atoms with Crippen LogP contribution in [-0.2, 0) is 11.3 Å². The molecule has 0 aliphatic rings. The number of hydrogen-bond acceptors (Lipinski definition) is 5. The number of nitrogens with zero attached hydrogens (tertiary/aromatic N) is 2. The Morgan fingerprint density at radius 2 is 2.44 bits per heavy atom. The van der Waals surface area contributed by atoms with E-state index in [4.69, 9.17) is 15.7 Å². The van der Waals surface area contributed by atoms with E-state index in [0.29, 0.717) is 5.69 Å².